The Morgan fingerprint density at radius 1 is 0.643 bits per heavy atom. The van der Waals surface area contributed by atoms with Crippen LogP contribution in [0.15, 0.2) is 36.4 Å². The van der Waals surface area contributed by atoms with Gasteiger partial charge in [0.1, 0.15) is 0 Å². The van der Waals surface area contributed by atoms with Crippen molar-refractivity contribution in [1.29, 1.82) is 0 Å². The standard InChI is InChI=1S/C22H32N6/c1-27(2)13-11-23-15-19-9-7-17-5-6-18-8-10-20(16-24-12-14-28(3)4)26-22(18)21(17)25-19/h5-10,23-24H,11-16H2,1-4H3. The van der Waals surface area contributed by atoms with Crippen molar-refractivity contribution >= 4 is 21.8 Å². The minimum absolute atomic E-state index is 0.770. The Hall–Kier alpha value is -2.12. The Labute approximate surface area is 168 Å². The summed E-state index contributed by atoms with van der Waals surface area (Å²) in [6, 6.07) is 12.8. The molecule has 0 unspecified atom stereocenters. The predicted molar refractivity (Wildman–Crippen MR) is 118 cm³/mol. The minimum atomic E-state index is 0.770. The van der Waals surface area contributed by atoms with Gasteiger partial charge in [0.25, 0.3) is 0 Å². The highest BCUT2D eigenvalue weighted by molar-refractivity contribution is 6.02. The van der Waals surface area contributed by atoms with Gasteiger partial charge in [0.2, 0.25) is 0 Å². The Balaban J connectivity index is 1.77. The van der Waals surface area contributed by atoms with Crippen molar-refractivity contribution in [2.45, 2.75) is 13.1 Å². The molecule has 3 aromatic rings. The van der Waals surface area contributed by atoms with Crippen LogP contribution in [0.2, 0.25) is 0 Å². The van der Waals surface area contributed by atoms with Crippen molar-refractivity contribution in [2.75, 3.05) is 54.4 Å². The highest BCUT2D eigenvalue weighted by Gasteiger charge is 2.07. The van der Waals surface area contributed by atoms with Crippen LogP contribution < -0.4 is 10.6 Å². The Bertz CT molecular complexity index is 831. The highest BCUT2D eigenvalue weighted by atomic mass is 15.1. The maximum atomic E-state index is 4.92. The van der Waals surface area contributed by atoms with Crippen LogP contribution in [0.3, 0.4) is 0 Å². The second kappa shape index (κ2) is 9.89. The van der Waals surface area contributed by atoms with Gasteiger partial charge >= 0.3 is 0 Å². The van der Waals surface area contributed by atoms with E-state index >= 15 is 0 Å². The molecule has 6 heteroatoms. The maximum Gasteiger partial charge on any atom is 0.0968 e. The van der Waals surface area contributed by atoms with E-state index in [1.54, 1.807) is 0 Å². The van der Waals surface area contributed by atoms with Crippen LogP contribution in [-0.2, 0) is 13.1 Å². The van der Waals surface area contributed by atoms with Crippen LogP contribution in [0, 0.1) is 0 Å². The first-order valence-corrected chi connectivity index (χ1v) is 9.92. The zero-order valence-electron chi connectivity index (χ0n) is 17.5. The second-order valence-corrected chi connectivity index (χ2v) is 7.77. The average Bonchev–Trinajstić information content (AvgIpc) is 2.68. The third-order valence-electron chi connectivity index (χ3n) is 4.72. The van der Waals surface area contributed by atoms with Gasteiger partial charge in [-0.25, -0.2) is 9.97 Å². The Morgan fingerprint density at radius 3 is 1.43 bits per heavy atom. The van der Waals surface area contributed by atoms with E-state index in [4.69, 9.17) is 9.97 Å². The summed E-state index contributed by atoms with van der Waals surface area (Å²) in [7, 11) is 8.34. The van der Waals surface area contributed by atoms with Crippen molar-refractivity contribution in [1.82, 2.24) is 30.4 Å². The SMILES string of the molecule is CN(C)CCNCc1ccc2ccc3ccc(CNCCN(C)C)nc3c2n1. The molecular weight excluding hydrogens is 348 g/mol. The zero-order valence-corrected chi connectivity index (χ0v) is 17.5. The molecule has 0 radical (unpaired) electrons. The molecule has 0 fully saturated rings. The summed E-state index contributed by atoms with van der Waals surface area (Å²) in [5, 5.41) is 9.19. The number of nitrogens with zero attached hydrogens (tertiary/aromatic N) is 4. The lowest BCUT2D eigenvalue weighted by Crippen LogP contribution is -2.26. The summed E-state index contributed by atoms with van der Waals surface area (Å²) in [6.07, 6.45) is 0. The van der Waals surface area contributed by atoms with Gasteiger partial charge in [-0.3, -0.25) is 0 Å². The van der Waals surface area contributed by atoms with E-state index in [0.29, 0.717) is 0 Å². The molecule has 0 spiro atoms. The van der Waals surface area contributed by atoms with E-state index in [2.05, 4.69) is 85.0 Å². The third kappa shape index (κ3) is 5.69. The molecule has 0 saturated heterocycles. The molecule has 150 valence electrons. The van der Waals surface area contributed by atoms with Crippen LogP contribution >= 0.6 is 0 Å². The highest BCUT2D eigenvalue weighted by Crippen LogP contribution is 2.23. The molecule has 0 aliphatic rings. The lowest BCUT2D eigenvalue weighted by atomic mass is 10.1. The molecule has 2 heterocycles. The number of aromatic nitrogens is 2. The molecule has 3 rings (SSSR count). The number of fused-ring (bicyclic) bond motifs is 3. The van der Waals surface area contributed by atoms with Crippen molar-refractivity contribution in [3.63, 3.8) is 0 Å². The molecule has 0 atom stereocenters. The topological polar surface area (TPSA) is 56.3 Å². The first-order valence-electron chi connectivity index (χ1n) is 9.92. The number of rotatable bonds is 10. The normalized spacial score (nSPS) is 11.9. The largest absolute Gasteiger partial charge is 0.310 e. The van der Waals surface area contributed by atoms with Crippen molar-refractivity contribution in [2.24, 2.45) is 0 Å². The molecule has 0 aliphatic heterocycles. The van der Waals surface area contributed by atoms with E-state index in [1.807, 2.05) is 0 Å². The molecule has 28 heavy (non-hydrogen) atoms. The van der Waals surface area contributed by atoms with Crippen LogP contribution in [0.4, 0.5) is 0 Å². The number of hydrogen-bond donors (Lipinski definition) is 2. The lowest BCUT2D eigenvalue weighted by Gasteiger charge is -2.11. The fourth-order valence-corrected chi connectivity index (χ4v) is 3.08. The fourth-order valence-electron chi connectivity index (χ4n) is 3.08. The number of benzene rings is 1. The molecule has 0 aliphatic carbocycles. The smallest absolute Gasteiger partial charge is 0.0968 e. The van der Waals surface area contributed by atoms with Crippen molar-refractivity contribution in [3.8, 4) is 0 Å². The maximum absolute atomic E-state index is 4.92. The first-order chi connectivity index (χ1) is 13.5. The zero-order chi connectivity index (χ0) is 19.9. The summed E-state index contributed by atoms with van der Waals surface area (Å²) in [6.45, 7) is 5.47. The van der Waals surface area contributed by atoms with Crippen LogP contribution in [-0.4, -0.2) is 74.1 Å². The van der Waals surface area contributed by atoms with Crippen molar-refractivity contribution in [3.05, 3.63) is 47.8 Å². The Kier molecular flexibility index (Phi) is 7.28. The average molecular weight is 381 g/mol. The van der Waals surface area contributed by atoms with E-state index in [-0.39, 0.29) is 0 Å². The van der Waals surface area contributed by atoms with E-state index in [0.717, 1.165) is 72.5 Å². The van der Waals surface area contributed by atoms with Crippen LogP contribution in [0.1, 0.15) is 11.4 Å². The van der Waals surface area contributed by atoms with Gasteiger partial charge in [-0.15, -0.1) is 0 Å². The van der Waals surface area contributed by atoms with E-state index in [1.165, 1.54) is 0 Å². The van der Waals surface area contributed by atoms with Gasteiger partial charge in [0.05, 0.1) is 22.4 Å². The van der Waals surface area contributed by atoms with Crippen molar-refractivity contribution < 1.29 is 0 Å². The third-order valence-corrected chi connectivity index (χ3v) is 4.72. The van der Waals surface area contributed by atoms with Crippen LogP contribution in [0.25, 0.3) is 21.8 Å². The number of likely N-dealkylation sites (N-methyl/N-ethyl adjacent to an activating group) is 2. The molecule has 0 saturated carbocycles. The van der Waals surface area contributed by atoms with Gasteiger partial charge in [0, 0.05) is 50.0 Å². The summed E-state index contributed by atoms with van der Waals surface area (Å²) in [5.74, 6) is 0. The summed E-state index contributed by atoms with van der Waals surface area (Å²) < 4.78 is 0. The molecular formula is C22H32N6. The molecule has 2 N–H and O–H groups in total. The fraction of sp³-hybridized carbons (Fsp3) is 0.455. The molecule has 6 nitrogen and oxygen atoms in total. The first kappa shape index (κ1) is 20.6. The van der Waals surface area contributed by atoms with Gasteiger partial charge in [-0.05, 0) is 40.3 Å². The molecule has 1 aromatic carbocycles. The lowest BCUT2D eigenvalue weighted by molar-refractivity contribution is 0.399. The molecule has 0 amide bonds. The summed E-state index contributed by atoms with van der Waals surface area (Å²) >= 11 is 0. The van der Waals surface area contributed by atoms with Gasteiger partial charge < -0.3 is 20.4 Å². The van der Waals surface area contributed by atoms with E-state index in [9.17, 15) is 0 Å². The summed E-state index contributed by atoms with van der Waals surface area (Å²) in [5.41, 5.74) is 4.07. The number of pyridine rings is 2. The van der Waals surface area contributed by atoms with E-state index < -0.39 is 0 Å². The van der Waals surface area contributed by atoms with Gasteiger partial charge in [-0.1, -0.05) is 24.3 Å². The van der Waals surface area contributed by atoms with Crippen LogP contribution in [0.5, 0.6) is 0 Å². The predicted octanol–water partition coefficient (Wildman–Crippen LogP) is 2.09. The second-order valence-electron chi connectivity index (χ2n) is 7.77. The Morgan fingerprint density at radius 2 is 1.04 bits per heavy atom. The number of hydrogen-bond acceptors (Lipinski definition) is 6. The molecule has 0 bridgehead atoms. The van der Waals surface area contributed by atoms with Gasteiger partial charge in [-0.2, -0.15) is 0 Å². The minimum Gasteiger partial charge on any atom is -0.310 e. The number of nitrogens with one attached hydrogen (secondary N) is 2. The summed E-state index contributed by atoms with van der Waals surface area (Å²) in [4.78, 5) is 14.2. The van der Waals surface area contributed by atoms with Gasteiger partial charge in [0.15, 0.2) is 0 Å². The monoisotopic (exact) mass is 380 g/mol. The molecule has 2 aromatic heterocycles. The quantitative estimate of drug-likeness (QED) is 0.415.